The Kier molecular flexibility index (Phi) is 6.20. The van der Waals surface area contributed by atoms with Crippen molar-refractivity contribution < 1.29 is 19.4 Å². The van der Waals surface area contributed by atoms with Crippen LogP contribution in [0.1, 0.15) is 18.9 Å². The molecular formula is C14H19ClN4O4. The van der Waals surface area contributed by atoms with Crippen molar-refractivity contribution in [1.82, 2.24) is 0 Å². The third kappa shape index (κ3) is 5.03. The van der Waals surface area contributed by atoms with Crippen molar-refractivity contribution in [2.75, 3.05) is 5.32 Å². The van der Waals surface area contributed by atoms with Gasteiger partial charge in [-0.1, -0.05) is 6.07 Å². The van der Waals surface area contributed by atoms with Crippen LogP contribution < -0.4 is 21.5 Å². The quantitative estimate of drug-likeness (QED) is 0.458. The lowest BCUT2D eigenvalue weighted by Gasteiger charge is -2.24. The third-order valence-corrected chi connectivity index (χ3v) is 3.23. The molecule has 1 heterocycles. The molecule has 1 amide bonds. The Labute approximate surface area is 139 Å². The molecule has 9 heteroatoms. The van der Waals surface area contributed by atoms with Crippen LogP contribution in [0.3, 0.4) is 0 Å². The normalized spacial score (nSPS) is 17.1. The number of ether oxygens (including phenoxy) is 1. The molecule has 0 fully saturated rings. The smallest absolute Gasteiger partial charge is 0.304 e. The number of rotatable bonds is 5. The summed E-state index contributed by atoms with van der Waals surface area (Å²) in [4.78, 5) is 26.5. The van der Waals surface area contributed by atoms with Crippen molar-refractivity contribution in [3.63, 3.8) is 0 Å². The van der Waals surface area contributed by atoms with E-state index in [2.05, 4.69) is 10.3 Å². The highest BCUT2D eigenvalue weighted by atomic mass is 35.5. The molecular weight excluding hydrogens is 324 g/mol. The first-order valence-electron chi connectivity index (χ1n) is 6.76. The zero-order chi connectivity index (χ0) is 16.3. The van der Waals surface area contributed by atoms with Crippen LogP contribution in [0.2, 0.25) is 0 Å². The van der Waals surface area contributed by atoms with Gasteiger partial charge in [0.15, 0.2) is 12.2 Å². The number of anilines is 1. The van der Waals surface area contributed by atoms with Crippen LogP contribution in [-0.2, 0) is 16.0 Å². The molecule has 8 nitrogen and oxygen atoms in total. The zero-order valence-corrected chi connectivity index (χ0v) is 13.3. The Hall–Kier alpha value is -2.48. The number of carbonyl (C=O) groups excluding carboxylic acids is 1. The number of amides is 1. The summed E-state index contributed by atoms with van der Waals surface area (Å²) in [7, 11) is 0. The number of hydrogen-bond donors (Lipinski definition) is 4. The van der Waals surface area contributed by atoms with Gasteiger partial charge in [0, 0.05) is 11.8 Å². The number of benzene rings is 1. The minimum absolute atomic E-state index is 0. The van der Waals surface area contributed by atoms with Gasteiger partial charge in [0.1, 0.15) is 5.75 Å². The second-order valence-corrected chi connectivity index (χ2v) is 5.08. The van der Waals surface area contributed by atoms with Gasteiger partial charge in [-0.25, -0.2) is 4.99 Å². The van der Waals surface area contributed by atoms with E-state index in [-0.39, 0.29) is 30.7 Å². The summed E-state index contributed by atoms with van der Waals surface area (Å²) in [6.45, 7) is 1.68. The number of nitrogens with two attached hydrogens (primary N) is 2. The number of aliphatic carboxylic acids is 1. The van der Waals surface area contributed by atoms with E-state index < -0.39 is 18.1 Å². The first-order valence-corrected chi connectivity index (χ1v) is 6.76. The van der Waals surface area contributed by atoms with Crippen LogP contribution in [0.15, 0.2) is 23.2 Å². The highest BCUT2D eigenvalue weighted by Crippen LogP contribution is 2.31. The van der Waals surface area contributed by atoms with E-state index in [1.165, 1.54) is 0 Å². The molecule has 2 unspecified atom stereocenters. The molecule has 1 aliphatic heterocycles. The lowest BCUT2D eigenvalue weighted by atomic mass is 9.91. The molecule has 2 atom stereocenters. The summed E-state index contributed by atoms with van der Waals surface area (Å²) in [5.41, 5.74) is 12.0. The molecule has 6 N–H and O–H groups in total. The Balaban J connectivity index is 0.00000264. The van der Waals surface area contributed by atoms with Crippen LogP contribution in [0.4, 0.5) is 5.69 Å². The summed E-state index contributed by atoms with van der Waals surface area (Å²) in [6, 6.07) is 5.19. The van der Waals surface area contributed by atoms with Crippen molar-refractivity contribution in [2.24, 2.45) is 22.4 Å². The number of halogens is 1. The first-order chi connectivity index (χ1) is 10.3. The van der Waals surface area contributed by atoms with Crippen LogP contribution >= 0.6 is 12.4 Å². The van der Waals surface area contributed by atoms with Gasteiger partial charge in [-0.15, -0.1) is 12.4 Å². The van der Waals surface area contributed by atoms with E-state index in [1.807, 2.05) is 0 Å². The number of guanidine groups is 1. The summed E-state index contributed by atoms with van der Waals surface area (Å²) in [5.74, 6) is -1.42. The fourth-order valence-electron chi connectivity index (χ4n) is 2.33. The Morgan fingerprint density at radius 3 is 2.83 bits per heavy atom. The highest BCUT2D eigenvalue weighted by molar-refractivity contribution is 5.97. The molecule has 0 bridgehead atoms. The molecule has 0 saturated carbocycles. The second-order valence-electron chi connectivity index (χ2n) is 5.08. The average Bonchev–Trinajstić information content (AvgIpc) is 2.38. The van der Waals surface area contributed by atoms with Gasteiger partial charge < -0.3 is 26.6 Å². The van der Waals surface area contributed by atoms with Gasteiger partial charge in [0.2, 0.25) is 5.91 Å². The number of hydrogen-bond acceptors (Lipinski definition) is 4. The molecule has 1 aromatic carbocycles. The molecule has 0 saturated heterocycles. The van der Waals surface area contributed by atoms with Crippen molar-refractivity contribution in [3.8, 4) is 5.75 Å². The van der Waals surface area contributed by atoms with Gasteiger partial charge in [-0.2, -0.15) is 0 Å². The molecule has 0 radical (unpaired) electrons. The van der Waals surface area contributed by atoms with Gasteiger partial charge in [-0.3, -0.25) is 9.59 Å². The Morgan fingerprint density at radius 2 is 2.22 bits per heavy atom. The third-order valence-electron chi connectivity index (χ3n) is 3.23. The zero-order valence-electron chi connectivity index (χ0n) is 12.5. The average molecular weight is 343 g/mol. The summed E-state index contributed by atoms with van der Waals surface area (Å²) in [5, 5.41) is 11.5. The summed E-state index contributed by atoms with van der Waals surface area (Å²) in [6.07, 6.45) is -0.357. The van der Waals surface area contributed by atoms with E-state index in [0.29, 0.717) is 17.9 Å². The molecule has 0 aliphatic carbocycles. The van der Waals surface area contributed by atoms with E-state index in [1.54, 1.807) is 25.1 Å². The largest absolute Gasteiger partial charge is 0.481 e. The number of carboxylic acid groups (broad SMARTS) is 1. The molecule has 126 valence electrons. The van der Waals surface area contributed by atoms with Crippen LogP contribution in [0.5, 0.6) is 5.75 Å². The number of carbonyl (C=O) groups is 2. The summed E-state index contributed by atoms with van der Waals surface area (Å²) >= 11 is 0. The number of nitrogens with zero attached hydrogens (tertiary/aromatic N) is 1. The van der Waals surface area contributed by atoms with Crippen molar-refractivity contribution in [3.05, 3.63) is 23.8 Å². The number of nitrogens with one attached hydrogen (secondary N) is 1. The molecule has 1 aliphatic rings. The molecule has 0 aromatic heterocycles. The lowest BCUT2D eigenvalue weighted by Crippen LogP contribution is -2.31. The van der Waals surface area contributed by atoms with Gasteiger partial charge >= 0.3 is 5.97 Å². The maximum Gasteiger partial charge on any atom is 0.304 e. The van der Waals surface area contributed by atoms with Crippen LogP contribution in [0.25, 0.3) is 0 Å². The SMILES string of the molecule is CC(N=C(N)N)Oc1ccc2c(c1)NC(=O)C(CC(=O)O)C2.Cl. The fraction of sp³-hybridized carbons (Fsp3) is 0.357. The van der Waals surface area contributed by atoms with Crippen LogP contribution in [0, 0.1) is 5.92 Å². The second kappa shape index (κ2) is 7.68. The van der Waals surface area contributed by atoms with E-state index in [0.717, 1.165) is 5.56 Å². The Morgan fingerprint density at radius 1 is 1.52 bits per heavy atom. The minimum Gasteiger partial charge on any atom is -0.481 e. The van der Waals surface area contributed by atoms with Crippen molar-refractivity contribution in [1.29, 1.82) is 0 Å². The molecule has 23 heavy (non-hydrogen) atoms. The van der Waals surface area contributed by atoms with Gasteiger partial charge in [0.05, 0.1) is 12.3 Å². The van der Waals surface area contributed by atoms with Crippen molar-refractivity contribution >= 4 is 35.9 Å². The first kappa shape index (κ1) is 18.6. The minimum atomic E-state index is -0.991. The standard InChI is InChI=1S/C14H18N4O4.ClH/c1-7(17-14(15)16)22-10-3-2-8-4-9(5-12(19)20)13(21)18-11(8)6-10;/h2-3,6-7,9H,4-5H2,1H3,(H,18,21)(H,19,20)(H4,15,16,17);1H. The predicted octanol–water partition coefficient (Wildman–Crippen LogP) is 0.692. The van der Waals surface area contributed by atoms with E-state index >= 15 is 0 Å². The topological polar surface area (TPSA) is 140 Å². The fourth-order valence-corrected chi connectivity index (χ4v) is 2.33. The maximum atomic E-state index is 11.9. The highest BCUT2D eigenvalue weighted by Gasteiger charge is 2.28. The molecule has 2 rings (SSSR count). The van der Waals surface area contributed by atoms with Gasteiger partial charge in [-0.05, 0) is 25.0 Å². The number of fused-ring (bicyclic) bond motifs is 1. The number of aliphatic imine (C=N–C) groups is 1. The van der Waals surface area contributed by atoms with E-state index in [9.17, 15) is 9.59 Å². The maximum absolute atomic E-state index is 11.9. The Bertz CT molecular complexity index is 631. The summed E-state index contributed by atoms with van der Waals surface area (Å²) < 4.78 is 5.52. The predicted molar refractivity (Wildman–Crippen MR) is 87.7 cm³/mol. The van der Waals surface area contributed by atoms with Gasteiger partial charge in [0.25, 0.3) is 0 Å². The van der Waals surface area contributed by atoms with Crippen molar-refractivity contribution in [2.45, 2.75) is 26.0 Å². The monoisotopic (exact) mass is 342 g/mol. The van der Waals surface area contributed by atoms with Crippen LogP contribution in [-0.4, -0.2) is 29.2 Å². The van der Waals surface area contributed by atoms with E-state index in [4.69, 9.17) is 21.3 Å². The number of carboxylic acids is 1. The molecule has 0 spiro atoms. The lowest BCUT2D eigenvalue weighted by molar-refractivity contribution is -0.140. The molecule has 1 aromatic rings.